The summed E-state index contributed by atoms with van der Waals surface area (Å²) in [5, 5.41) is 26.9. The lowest BCUT2D eigenvalue weighted by Gasteiger charge is -2.57. The van der Waals surface area contributed by atoms with E-state index in [9.17, 15) is 28.4 Å². The number of halogens is 1. The van der Waals surface area contributed by atoms with Gasteiger partial charge >= 0.3 is 0 Å². The van der Waals surface area contributed by atoms with Crippen molar-refractivity contribution in [3.8, 4) is 17.2 Å². The summed E-state index contributed by atoms with van der Waals surface area (Å²) in [6.07, 6.45) is 10.2. The number of anilines is 2. The van der Waals surface area contributed by atoms with Crippen LogP contribution in [0.5, 0.6) is 17.2 Å². The summed E-state index contributed by atoms with van der Waals surface area (Å²) in [4.78, 5) is 37.9. The van der Waals surface area contributed by atoms with Gasteiger partial charge in [0, 0.05) is 65.6 Å². The normalized spacial score (nSPS) is 24.2. The molecule has 5 heterocycles. The molecule has 0 radical (unpaired) electrons. The molecule has 18 heteroatoms. The maximum absolute atomic E-state index is 14.2. The number of sulfonamides is 1. The molecule has 2 atom stereocenters. The Kier molecular flexibility index (Phi) is 12.5. The summed E-state index contributed by atoms with van der Waals surface area (Å²) in [5.74, 6) is -0.00706. The molecule has 10 rings (SSSR count). The molecule has 0 bridgehead atoms. The molecule has 3 aromatic carbocycles. The second-order valence-electron chi connectivity index (χ2n) is 20.1. The summed E-state index contributed by atoms with van der Waals surface area (Å²) in [7, 11) is -4.68. The van der Waals surface area contributed by atoms with Crippen molar-refractivity contribution in [1.29, 1.82) is 0 Å². The fraction of sp³-hybridized carbons (Fsp3) is 0.480. The van der Waals surface area contributed by atoms with Gasteiger partial charge in [-0.1, -0.05) is 38.1 Å². The Hall–Kier alpha value is -5.27. The van der Waals surface area contributed by atoms with E-state index in [1.54, 1.807) is 37.4 Å². The predicted molar refractivity (Wildman–Crippen MR) is 261 cm³/mol. The Balaban J connectivity index is 0.864. The van der Waals surface area contributed by atoms with Gasteiger partial charge in [-0.3, -0.25) is 19.8 Å². The molecule has 2 saturated heterocycles. The first-order valence-electron chi connectivity index (χ1n) is 23.7. The number of nitrogens with zero attached hydrogens (tertiary/aromatic N) is 4. The SMILES string of the molecule is CC(C)c1ccccc1[C@@H]1COCCN1C1CC2(CCN(c3ccc(C(=O)NS(=O)(=O)c4cc5c(c([N+](=O)[O-])c4)N[C@@H]([C@H]4CC[C@](C)(O)CC4)CO5)c(Oc4cnc5[nH]cc(Br)c5c4)c3)CC2)C1. The average Bonchev–Trinajstić information content (AvgIpc) is 3.69. The fourth-order valence-corrected chi connectivity index (χ4v) is 12.7. The van der Waals surface area contributed by atoms with Crippen molar-refractivity contribution in [2.45, 2.75) is 107 Å². The zero-order valence-electron chi connectivity index (χ0n) is 38.5. The van der Waals surface area contributed by atoms with Crippen LogP contribution in [0.1, 0.15) is 106 Å². The van der Waals surface area contributed by atoms with Crippen LogP contribution in [0.15, 0.2) is 82.4 Å². The van der Waals surface area contributed by atoms with E-state index in [4.69, 9.17) is 14.2 Å². The van der Waals surface area contributed by atoms with Crippen LogP contribution in [0, 0.1) is 21.4 Å². The second kappa shape index (κ2) is 18.2. The molecule has 5 aromatic rings. The molecule has 2 saturated carbocycles. The summed E-state index contributed by atoms with van der Waals surface area (Å²) < 4.78 is 49.4. The number of benzene rings is 3. The van der Waals surface area contributed by atoms with Crippen LogP contribution in [-0.4, -0.2) is 96.4 Å². The van der Waals surface area contributed by atoms with E-state index >= 15 is 0 Å². The molecular formula is C50H58BrN7O9S. The molecule has 2 aliphatic carbocycles. The van der Waals surface area contributed by atoms with Gasteiger partial charge in [0.15, 0.2) is 11.4 Å². The number of piperidine rings is 1. The number of ether oxygens (including phenoxy) is 3. The third-order valence-electron chi connectivity index (χ3n) is 15.2. The summed E-state index contributed by atoms with van der Waals surface area (Å²) >= 11 is 3.54. The molecule has 16 nitrogen and oxygen atoms in total. The summed E-state index contributed by atoms with van der Waals surface area (Å²) in [6, 6.07) is 18.3. The number of nitrogens with one attached hydrogen (secondary N) is 3. The standard InChI is InChI=1S/C50H58BrN7O9S/c1-30(2)36-6-4-5-7-37(36)43-29-65-19-18-57(43)33-24-50(25-33)14-16-56(17-15-50)32-8-9-38(44(20-32)67-34-21-39-40(51)27-53-47(39)52-26-34)48(59)55-68(63,64)35-22-42(58(61)62)46-45(23-35)66-28-41(54-46)31-10-12-49(3,60)13-11-31/h4-9,20-23,26-27,30-31,33,41,43,54,60H,10-19,24-25,28-29H2,1-3H3,(H,52,53)(H,55,59)/t31-,41-,43+,49-/m1/s1. The first kappa shape index (κ1) is 46.5. The Bertz CT molecular complexity index is 2850. The van der Waals surface area contributed by atoms with E-state index in [1.165, 1.54) is 23.4 Å². The van der Waals surface area contributed by atoms with Crippen molar-refractivity contribution < 1.29 is 37.5 Å². The third kappa shape index (κ3) is 9.17. The topological polar surface area (TPSA) is 201 Å². The lowest BCUT2D eigenvalue weighted by molar-refractivity contribution is -0.384. The Morgan fingerprint density at radius 3 is 2.56 bits per heavy atom. The van der Waals surface area contributed by atoms with E-state index in [-0.39, 0.29) is 52.8 Å². The number of carbonyl (C=O) groups is 1. The third-order valence-corrected chi connectivity index (χ3v) is 17.2. The van der Waals surface area contributed by atoms with Crippen LogP contribution < -0.4 is 24.4 Å². The Morgan fingerprint density at radius 1 is 1.04 bits per heavy atom. The van der Waals surface area contributed by atoms with Crippen molar-refractivity contribution in [1.82, 2.24) is 19.6 Å². The van der Waals surface area contributed by atoms with Gasteiger partial charge in [-0.2, -0.15) is 0 Å². The minimum Gasteiger partial charge on any atom is -0.489 e. The van der Waals surface area contributed by atoms with Crippen LogP contribution in [0.3, 0.4) is 0 Å². The number of rotatable bonds is 11. The van der Waals surface area contributed by atoms with E-state index < -0.39 is 37.0 Å². The van der Waals surface area contributed by atoms with E-state index in [2.05, 4.69) is 83.8 Å². The molecule has 0 unspecified atom stereocenters. The van der Waals surface area contributed by atoms with Crippen LogP contribution in [0.4, 0.5) is 17.1 Å². The molecule has 68 heavy (non-hydrogen) atoms. The Labute approximate surface area is 404 Å². The number of aromatic amines is 1. The van der Waals surface area contributed by atoms with Crippen LogP contribution in [0.25, 0.3) is 11.0 Å². The summed E-state index contributed by atoms with van der Waals surface area (Å²) in [5.41, 5.74) is 3.23. The Morgan fingerprint density at radius 2 is 1.81 bits per heavy atom. The summed E-state index contributed by atoms with van der Waals surface area (Å²) in [6.45, 7) is 10.4. The van der Waals surface area contributed by atoms with Crippen LogP contribution in [0.2, 0.25) is 0 Å². The first-order valence-corrected chi connectivity index (χ1v) is 26.0. The highest BCUT2D eigenvalue weighted by atomic mass is 79.9. The van der Waals surface area contributed by atoms with Crippen molar-refractivity contribution in [2.75, 3.05) is 49.7 Å². The first-order chi connectivity index (χ1) is 32.6. The number of carbonyl (C=O) groups excluding carboxylic acids is 1. The number of amides is 1. The van der Waals surface area contributed by atoms with E-state index in [1.807, 2.05) is 0 Å². The maximum Gasteiger partial charge on any atom is 0.297 e. The van der Waals surface area contributed by atoms with Gasteiger partial charge in [0.1, 0.15) is 23.8 Å². The number of H-pyrrole nitrogens is 1. The van der Waals surface area contributed by atoms with Crippen molar-refractivity contribution >= 4 is 60.0 Å². The van der Waals surface area contributed by atoms with Gasteiger partial charge in [-0.25, -0.2) is 18.1 Å². The second-order valence-corrected chi connectivity index (χ2v) is 22.6. The molecule has 1 spiro atoms. The van der Waals surface area contributed by atoms with Gasteiger partial charge < -0.3 is 34.5 Å². The zero-order valence-corrected chi connectivity index (χ0v) is 40.9. The highest BCUT2D eigenvalue weighted by Gasteiger charge is 2.50. The number of aliphatic hydroxyl groups is 1. The number of aromatic nitrogens is 2. The van der Waals surface area contributed by atoms with Gasteiger partial charge in [0.05, 0.1) is 52.5 Å². The number of pyridine rings is 1. The minimum absolute atomic E-state index is 0.00305. The van der Waals surface area contributed by atoms with Gasteiger partial charge in [-0.15, -0.1) is 0 Å². The monoisotopic (exact) mass is 1010 g/mol. The van der Waals surface area contributed by atoms with E-state index in [0.29, 0.717) is 55.6 Å². The molecule has 4 fully saturated rings. The maximum atomic E-state index is 14.2. The lowest BCUT2D eigenvalue weighted by atomic mass is 9.59. The fourth-order valence-electron chi connectivity index (χ4n) is 11.3. The highest BCUT2D eigenvalue weighted by molar-refractivity contribution is 9.10. The van der Waals surface area contributed by atoms with Crippen LogP contribution in [-0.2, 0) is 14.8 Å². The molecule has 2 aromatic heterocycles. The van der Waals surface area contributed by atoms with Gasteiger partial charge in [0.25, 0.3) is 21.6 Å². The molecular weight excluding hydrogens is 955 g/mol. The number of morpholine rings is 1. The quantitative estimate of drug-likeness (QED) is 0.0722. The van der Waals surface area contributed by atoms with Crippen molar-refractivity contribution in [3.63, 3.8) is 0 Å². The van der Waals surface area contributed by atoms with Crippen LogP contribution >= 0.6 is 15.9 Å². The van der Waals surface area contributed by atoms with Gasteiger partial charge in [0.2, 0.25) is 0 Å². The molecule has 1 amide bonds. The molecule has 360 valence electrons. The molecule has 3 aliphatic heterocycles. The average molecular weight is 1010 g/mol. The number of hydrogen-bond acceptors (Lipinski definition) is 13. The zero-order chi connectivity index (χ0) is 47.5. The molecule has 5 aliphatic rings. The predicted octanol–water partition coefficient (Wildman–Crippen LogP) is 9.20. The van der Waals surface area contributed by atoms with Crippen molar-refractivity contribution in [2.24, 2.45) is 11.3 Å². The number of fused-ring (bicyclic) bond motifs is 2. The minimum atomic E-state index is -4.68. The largest absolute Gasteiger partial charge is 0.489 e. The number of nitro benzene ring substituents is 1. The smallest absolute Gasteiger partial charge is 0.297 e. The lowest BCUT2D eigenvalue weighted by Crippen LogP contribution is -2.58. The highest BCUT2D eigenvalue weighted by Crippen LogP contribution is 2.53. The number of nitro groups is 1. The molecule has 4 N–H and O–H groups in total. The van der Waals surface area contributed by atoms with Gasteiger partial charge in [-0.05, 0) is 121 Å². The van der Waals surface area contributed by atoms with Crippen molar-refractivity contribution in [3.05, 3.63) is 104 Å². The number of hydrogen-bond donors (Lipinski definition) is 4. The van der Waals surface area contributed by atoms with E-state index in [0.717, 1.165) is 73.5 Å².